The third-order valence-corrected chi connectivity index (χ3v) is 2.38. The number of nitrogens with two attached hydrogens (primary N) is 1. The SMILES string of the molecule is CCOCOC(=O)c1cc(N)ccc1Br. The van der Waals surface area contributed by atoms with Crippen LogP contribution < -0.4 is 5.73 Å². The molecule has 0 aliphatic carbocycles. The highest BCUT2D eigenvalue weighted by atomic mass is 79.9. The topological polar surface area (TPSA) is 61.5 Å². The van der Waals surface area contributed by atoms with Crippen LogP contribution >= 0.6 is 15.9 Å². The Kier molecular flexibility index (Phi) is 4.58. The Bertz CT molecular complexity index is 355. The average Bonchev–Trinajstić information content (AvgIpc) is 2.22. The molecule has 0 spiro atoms. The summed E-state index contributed by atoms with van der Waals surface area (Å²) < 4.78 is 10.4. The summed E-state index contributed by atoms with van der Waals surface area (Å²) >= 11 is 3.24. The summed E-state index contributed by atoms with van der Waals surface area (Å²) in [4.78, 5) is 11.5. The quantitative estimate of drug-likeness (QED) is 0.395. The second-order valence-electron chi connectivity index (χ2n) is 2.78. The number of carbonyl (C=O) groups is 1. The first-order valence-corrected chi connectivity index (χ1v) is 5.24. The van der Waals surface area contributed by atoms with Gasteiger partial charge in [-0.2, -0.15) is 0 Å². The van der Waals surface area contributed by atoms with Crippen LogP contribution in [0.5, 0.6) is 0 Å². The van der Waals surface area contributed by atoms with Crippen molar-refractivity contribution in [2.24, 2.45) is 0 Å². The van der Waals surface area contributed by atoms with Crippen molar-refractivity contribution in [3.8, 4) is 0 Å². The number of rotatable bonds is 4. The van der Waals surface area contributed by atoms with Gasteiger partial charge in [-0.3, -0.25) is 0 Å². The van der Waals surface area contributed by atoms with Crippen molar-refractivity contribution in [1.29, 1.82) is 0 Å². The first-order chi connectivity index (χ1) is 7.15. The van der Waals surface area contributed by atoms with E-state index in [-0.39, 0.29) is 6.79 Å². The molecule has 0 saturated heterocycles. The zero-order chi connectivity index (χ0) is 11.3. The molecule has 1 rings (SSSR count). The fourth-order valence-corrected chi connectivity index (χ4v) is 1.36. The van der Waals surface area contributed by atoms with Crippen LogP contribution in [0, 0.1) is 0 Å². The van der Waals surface area contributed by atoms with Crippen molar-refractivity contribution < 1.29 is 14.3 Å². The Morgan fingerprint density at radius 1 is 1.53 bits per heavy atom. The van der Waals surface area contributed by atoms with Gasteiger partial charge in [-0.25, -0.2) is 4.79 Å². The van der Waals surface area contributed by atoms with Crippen molar-refractivity contribution >= 4 is 27.6 Å². The summed E-state index contributed by atoms with van der Waals surface area (Å²) in [6, 6.07) is 4.95. The third kappa shape index (κ3) is 3.53. The number of hydrogen-bond acceptors (Lipinski definition) is 4. The Labute approximate surface area is 96.5 Å². The molecule has 0 atom stereocenters. The molecule has 2 N–H and O–H groups in total. The monoisotopic (exact) mass is 273 g/mol. The second-order valence-corrected chi connectivity index (χ2v) is 3.64. The molecule has 0 heterocycles. The average molecular weight is 274 g/mol. The summed E-state index contributed by atoms with van der Waals surface area (Å²) in [6.07, 6.45) is 0. The standard InChI is InChI=1S/C10H12BrNO3/c1-2-14-6-15-10(13)8-5-7(12)3-4-9(8)11/h3-5H,2,6,12H2,1H3. The number of hydrogen-bond donors (Lipinski definition) is 1. The maximum atomic E-state index is 11.5. The zero-order valence-electron chi connectivity index (χ0n) is 8.33. The summed E-state index contributed by atoms with van der Waals surface area (Å²) in [7, 11) is 0. The normalized spacial score (nSPS) is 10.0. The fraction of sp³-hybridized carbons (Fsp3) is 0.300. The molecule has 1 aromatic carbocycles. The van der Waals surface area contributed by atoms with Crippen molar-refractivity contribution in [3.05, 3.63) is 28.2 Å². The van der Waals surface area contributed by atoms with Crippen molar-refractivity contribution in [2.45, 2.75) is 6.92 Å². The van der Waals surface area contributed by atoms with E-state index in [4.69, 9.17) is 15.2 Å². The zero-order valence-corrected chi connectivity index (χ0v) is 9.91. The number of esters is 1. The van der Waals surface area contributed by atoms with Crippen LogP contribution in [-0.2, 0) is 9.47 Å². The molecule has 82 valence electrons. The van der Waals surface area contributed by atoms with Gasteiger partial charge >= 0.3 is 5.97 Å². The maximum absolute atomic E-state index is 11.5. The molecule has 0 bridgehead atoms. The number of anilines is 1. The molecular formula is C10H12BrNO3. The number of halogens is 1. The molecule has 4 nitrogen and oxygen atoms in total. The summed E-state index contributed by atoms with van der Waals surface area (Å²) in [5.41, 5.74) is 6.47. The van der Waals surface area contributed by atoms with E-state index in [9.17, 15) is 4.79 Å². The van der Waals surface area contributed by atoms with Crippen LogP contribution in [0.3, 0.4) is 0 Å². The van der Waals surface area contributed by atoms with Crippen LogP contribution in [0.25, 0.3) is 0 Å². The predicted octanol–water partition coefficient (Wildman–Crippen LogP) is 2.18. The van der Waals surface area contributed by atoms with Crippen molar-refractivity contribution in [1.82, 2.24) is 0 Å². The molecular weight excluding hydrogens is 262 g/mol. The molecule has 5 heteroatoms. The molecule has 0 aromatic heterocycles. The molecule has 0 unspecified atom stereocenters. The van der Waals surface area contributed by atoms with Gasteiger partial charge in [0.2, 0.25) is 0 Å². The molecule has 0 saturated carbocycles. The Balaban J connectivity index is 2.68. The molecule has 0 aliphatic heterocycles. The number of benzene rings is 1. The second kappa shape index (κ2) is 5.72. The maximum Gasteiger partial charge on any atom is 0.341 e. The number of nitrogen functional groups attached to an aromatic ring is 1. The lowest BCUT2D eigenvalue weighted by molar-refractivity contribution is -0.0275. The van der Waals surface area contributed by atoms with Crippen molar-refractivity contribution in [2.75, 3.05) is 19.1 Å². The Morgan fingerprint density at radius 2 is 2.27 bits per heavy atom. The van der Waals surface area contributed by atoms with Crippen molar-refractivity contribution in [3.63, 3.8) is 0 Å². The van der Waals surface area contributed by atoms with Gasteiger partial charge in [0.15, 0.2) is 6.79 Å². The number of ether oxygens (including phenoxy) is 2. The minimum absolute atomic E-state index is 0.0451. The van der Waals surface area contributed by atoms with Gasteiger partial charge in [0, 0.05) is 16.8 Å². The molecule has 0 aliphatic rings. The first kappa shape index (κ1) is 12.0. The van der Waals surface area contributed by atoms with Gasteiger partial charge in [-0.1, -0.05) is 0 Å². The minimum atomic E-state index is -0.456. The van der Waals surface area contributed by atoms with Gasteiger partial charge in [0.1, 0.15) is 0 Å². The van der Waals surface area contributed by atoms with Gasteiger partial charge in [-0.05, 0) is 41.1 Å². The summed E-state index contributed by atoms with van der Waals surface area (Å²) in [5, 5.41) is 0. The lowest BCUT2D eigenvalue weighted by atomic mass is 10.2. The lowest BCUT2D eigenvalue weighted by Gasteiger charge is -2.06. The smallest absolute Gasteiger partial charge is 0.341 e. The molecule has 15 heavy (non-hydrogen) atoms. The van der Waals surface area contributed by atoms with E-state index in [0.717, 1.165) is 0 Å². The van der Waals surface area contributed by atoms with Crippen LogP contribution in [0.2, 0.25) is 0 Å². The van der Waals surface area contributed by atoms with Crippen LogP contribution in [0.15, 0.2) is 22.7 Å². The van der Waals surface area contributed by atoms with E-state index in [1.807, 2.05) is 6.92 Å². The minimum Gasteiger partial charge on any atom is -0.435 e. The van der Waals surface area contributed by atoms with E-state index < -0.39 is 5.97 Å². The third-order valence-electron chi connectivity index (χ3n) is 1.69. The van der Waals surface area contributed by atoms with Gasteiger partial charge in [0.25, 0.3) is 0 Å². The van der Waals surface area contributed by atoms with E-state index in [1.54, 1.807) is 18.2 Å². The fourth-order valence-electron chi connectivity index (χ4n) is 0.956. The van der Waals surface area contributed by atoms with Gasteiger partial charge in [-0.15, -0.1) is 0 Å². The summed E-state index contributed by atoms with van der Waals surface area (Å²) in [5.74, 6) is -0.456. The van der Waals surface area contributed by atoms with Crippen LogP contribution in [0.1, 0.15) is 17.3 Å². The Morgan fingerprint density at radius 3 is 2.93 bits per heavy atom. The first-order valence-electron chi connectivity index (χ1n) is 4.45. The van der Waals surface area contributed by atoms with Crippen LogP contribution in [0.4, 0.5) is 5.69 Å². The molecule has 0 amide bonds. The number of carbonyl (C=O) groups excluding carboxylic acids is 1. The largest absolute Gasteiger partial charge is 0.435 e. The molecule has 0 fully saturated rings. The highest BCUT2D eigenvalue weighted by Gasteiger charge is 2.11. The van der Waals surface area contributed by atoms with E-state index in [0.29, 0.717) is 22.3 Å². The highest BCUT2D eigenvalue weighted by Crippen LogP contribution is 2.20. The van der Waals surface area contributed by atoms with Crippen LogP contribution in [-0.4, -0.2) is 19.4 Å². The lowest BCUT2D eigenvalue weighted by Crippen LogP contribution is -2.09. The van der Waals surface area contributed by atoms with E-state index in [1.165, 1.54) is 0 Å². The Hall–Kier alpha value is -1.07. The predicted molar refractivity (Wildman–Crippen MR) is 60.5 cm³/mol. The molecule has 1 aromatic rings. The van der Waals surface area contributed by atoms with E-state index >= 15 is 0 Å². The summed E-state index contributed by atoms with van der Waals surface area (Å²) in [6.45, 7) is 2.28. The van der Waals surface area contributed by atoms with Gasteiger partial charge < -0.3 is 15.2 Å². The highest BCUT2D eigenvalue weighted by molar-refractivity contribution is 9.10. The van der Waals surface area contributed by atoms with Gasteiger partial charge in [0.05, 0.1) is 5.56 Å². The molecule has 0 radical (unpaired) electrons. The van der Waals surface area contributed by atoms with E-state index in [2.05, 4.69) is 15.9 Å².